The predicted molar refractivity (Wildman–Crippen MR) is 94.3 cm³/mol. The lowest BCUT2D eigenvalue weighted by Crippen LogP contribution is -1.94. The third-order valence-electron chi connectivity index (χ3n) is 4.26. The molecule has 0 amide bonds. The third-order valence-corrected chi connectivity index (χ3v) is 4.26. The number of rotatable bonds is 14. The molecule has 0 aromatic heterocycles. The largest absolute Gasteiger partial charge is 0.0859 e. The van der Waals surface area contributed by atoms with Crippen LogP contribution in [0.25, 0.3) is 0 Å². The fourth-order valence-electron chi connectivity index (χ4n) is 2.78. The smallest absolute Gasteiger partial charge is 0.0346 e. The first-order valence-corrected chi connectivity index (χ1v) is 9.30. The van der Waals surface area contributed by atoms with Crippen molar-refractivity contribution >= 4 is 0 Å². The van der Waals surface area contributed by atoms with E-state index in [0.29, 0.717) is 0 Å². The lowest BCUT2D eigenvalue weighted by atomic mass is 9.97. The van der Waals surface area contributed by atoms with Crippen molar-refractivity contribution in [1.29, 1.82) is 0 Å². The van der Waals surface area contributed by atoms with Crippen molar-refractivity contribution in [2.24, 2.45) is 5.92 Å². The monoisotopic (exact) mass is 280 g/mol. The molecular formula is C20H40. The highest BCUT2D eigenvalue weighted by molar-refractivity contribution is 4.92. The lowest BCUT2D eigenvalue weighted by Gasteiger charge is -2.09. The SMILES string of the molecule is CCCCCCCCCCCCC(C)CCC=C(C)C. The molecule has 20 heavy (non-hydrogen) atoms. The van der Waals surface area contributed by atoms with Crippen LogP contribution in [0.1, 0.15) is 111 Å². The molecule has 0 heteroatoms. The van der Waals surface area contributed by atoms with Gasteiger partial charge in [-0.05, 0) is 32.6 Å². The van der Waals surface area contributed by atoms with Crippen molar-refractivity contribution in [2.75, 3.05) is 0 Å². The molecule has 0 radical (unpaired) electrons. The normalized spacial score (nSPS) is 12.4. The van der Waals surface area contributed by atoms with Crippen molar-refractivity contribution in [3.63, 3.8) is 0 Å². The van der Waals surface area contributed by atoms with Crippen LogP contribution in [-0.2, 0) is 0 Å². The molecule has 0 N–H and O–H groups in total. The maximum absolute atomic E-state index is 2.42. The van der Waals surface area contributed by atoms with Gasteiger partial charge < -0.3 is 0 Å². The first-order chi connectivity index (χ1) is 9.66. The zero-order valence-electron chi connectivity index (χ0n) is 14.8. The van der Waals surface area contributed by atoms with Gasteiger partial charge in [0.15, 0.2) is 0 Å². The molecular weight excluding hydrogens is 240 g/mol. The van der Waals surface area contributed by atoms with Gasteiger partial charge in [0.2, 0.25) is 0 Å². The summed E-state index contributed by atoms with van der Waals surface area (Å²) in [6.07, 6.45) is 21.0. The minimum Gasteiger partial charge on any atom is -0.0859 e. The van der Waals surface area contributed by atoms with E-state index in [2.05, 4.69) is 33.8 Å². The Morgan fingerprint density at radius 1 is 0.750 bits per heavy atom. The third kappa shape index (κ3) is 15.8. The molecule has 0 rings (SSSR count). The van der Waals surface area contributed by atoms with Gasteiger partial charge in [-0.3, -0.25) is 0 Å². The van der Waals surface area contributed by atoms with Crippen LogP contribution >= 0.6 is 0 Å². The Hall–Kier alpha value is -0.260. The summed E-state index contributed by atoms with van der Waals surface area (Å²) in [5.74, 6) is 0.916. The van der Waals surface area contributed by atoms with Crippen molar-refractivity contribution in [3.8, 4) is 0 Å². The first kappa shape index (κ1) is 19.7. The van der Waals surface area contributed by atoms with Gasteiger partial charge in [0.25, 0.3) is 0 Å². The minimum atomic E-state index is 0.916. The van der Waals surface area contributed by atoms with E-state index in [1.54, 1.807) is 0 Å². The van der Waals surface area contributed by atoms with E-state index < -0.39 is 0 Å². The van der Waals surface area contributed by atoms with Crippen LogP contribution in [0.3, 0.4) is 0 Å². The molecule has 120 valence electrons. The standard InChI is InChI=1S/C20H40/c1-5-6-7-8-9-10-11-12-13-14-17-20(4)18-15-16-19(2)3/h16,20H,5-15,17-18H2,1-4H3. The quantitative estimate of drug-likeness (QED) is 0.226. The van der Waals surface area contributed by atoms with Crippen LogP contribution in [0, 0.1) is 5.92 Å². The second-order valence-corrected chi connectivity index (χ2v) is 6.93. The zero-order chi connectivity index (χ0) is 15.1. The van der Waals surface area contributed by atoms with Crippen molar-refractivity contribution < 1.29 is 0 Å². The molecule has 1 unspecified atom stereocenters. The Balaban J connectivity index is 3.17. The van der Waals surface area contributed by atoms with Crippen LogP contribution in [0.2, 0.25) is 0 Å². The van der Waals surface area contributed by atoms with Crippen molar-refractivity contribution in [3.05, 3.63) is 11.6 Å². The number of allylic oxidation sites excluding steroid dienone is 2. The van der Waals surface area contributed by atoms with E-state index in [-0.39, 0.29) is 0 Å². The molecule has 0 fully saturated rings. The van der Waals surface area contributed by atoms with E-state index in [1.807, 2.05) is 0 Å². The van der Waals surface area contributed by atoms with Crippen LogP contribution in [0.5, 0.6) is 0 Å². The summed E-state index contributed by atoms with van der Waals surface area (Å²) in [6.45, 7) is 9.12. The Labute approximate surface area is 129 Å². The molecule has 0 heterocycles. The number of hydrogen-bond acceptors (Lipinski definition) is 0. The summed E-state index contributed by atoms with van der Waals surface area (Å²) < 4.78 is 0. The second-order valence-electron chi connectivity index (χ2n) is 6.93. The van der Waals surface area contributed by atoms with Crippen molar-refractivity contribution in [1.82, 2.24) is 0 Å². The maximum Gasteiger partial charge on any atom is -0.0346 e. The van der Waals surface area contributed by atoms with Crippen molar-refractivity contribution in [2.45, 2.75) is 111 Å². The summed E-state index contributed by atoms with van der Waals surface area (Å²) >= 11 is 0. The van der Waals surface area contributed by atoms with Crippen LogP contribution in [0.4, 0.5) is 0 Å². The number of hydrogen-bond donors (Lipinski definition) is 0. The Morgan fingerprint density at radius 3 is 1.75 bits per heavy atom. The molecule has 0 aliphatic rings. The summed E-state index contributed by atoms with van der Waals surface area (Å²) in [5.41, 5.74) is 1.47. The van der Waals surface area contributed by atoms with Gasteiger partial charge in [-0.15, -0.1) is 0 Å². The zero-order valence-corrected chi connectivity index (χ0v) is 14.8. The van der Waals surface area contributed by atoms with E-state index in [4.69, 9.17) is 0 Å². The van der Waals surface area contributed by atoms with Gasteiger partial charge in [-0.2, -0.15) is 0 Å². The van der Waals surface area contributed by atoms with Gasteiger partial charge in [-0.1, -0.05) is 96.1 Å². The van der Waals surface area contributed by atoms with Crippen LogP contribution in [-0.4, -0.2) is 0 Å². The van der Waals surface area contributed by atoms with Crippen LogP contribution < -0.4 is 0 Å². The fraction of sp³-hybridized carbons (Fsp3) is 0.900. The summed E-state index contributed by atoms with van der Waals surface area (Å²) in [6, 6.07) is 0. The van der Waals surface area contributed by atoms with Gasteiger partial charge in [0.05, 0.1) is 0 Å². The second kappa shape index (κ2) is 15.1. The van der Waals surface area contributed by atoms with E-state index >= 15 is 0 Å². The van der Waals surface area contributed by atoms with E-state index in [0.717, 1.165) is 5.92 Å². The van der Waals surface area contributed by atoms with Crippen LogP contribution in [0.15, 0.2) is 11.6 Å². The fourth-order valence-corrected chi connectivity index (χ4v) is 2.78. The molecule has 0 aliphatic heterocycles. The molecule has 0 bridgehead atoms. The molecule has 0 saturated heterocycles. The molecule has 1 atom stereocenters. The lowest BCUT2D eigenvalue weighted by molar-refractivity contribution is 0.456. The number of unbranched alkanes of at least 4 members (excludes halogenated alkanes) is 9. The predicted octanol–water partition coefficient (Wildman–Crippen LogP) is 7.68. The molecule has 0 aromatic rings. The summed E-state index contributed by atoms with van der Waals surface area (Å²) in [7, 11) is 0. The topological polar surface area (TPSA) is 0 Å². The Bertz CT molecular complexity index is 210. The van der Waals surface area contributed by atoms with Gasteiger partial charge in [0.1, 0.15) is 0 Å². The highest BCUT2D eigenvalue weighted by Crippen LogP contribution is 2.17. The summed E-state index contributed by atoms with van der Waals surface area (Å²) in [5, 5.41) is 0. The average Bonchev–Trinajstić information content (AvgIpc) is 2.40. The highest BCUT2D eigenvalue weighted by Gasteiger charge is 2.00. The van der Waals surface area contributed by atoms with Gasteiger partial charge in [0, 0.05) is 0 Å². The van der Waals surface area contributed by atoms with E-state index in [1.165, 1.54) is 89.0 Å². The first-order valence-electron chi connectivity index (χ1n) is 9.30. The Morgan fingerprint density at radius 2 is 1.25 bits per heavy atom. The molecule has 0 nitrogen and oxygen atoms in total. The Kier molecular flexibility index (Phi) is 14.9. The average molecular weight is 281 g/mol. The molecule has 0 saturated carbocycles. The van der Waals surface area contributed by atoms with E-state index in [9.17, 15) is 0 Å². The highest BCUT2D eigenvalue weighted by atomic mass is 14.1. The summed E-state index contributed by atoms with van der Waals surface area (Å²) in [4.78, 5) is 0. The molecule has 0 spiro atoms. The maximum atomic E-state index is 2.42. The van der Waals surface area contributed by atoms with Gasteiger partial charge >= 0.3 is 0 Å². The minimum absolute atomic E-state index is 0.916. The van der Waals surface area contributed by atoms with Gasteiger partial charge in [-0.25, -0.2) is 0 Å². The molecule has 0 aliphatic carbocycles. The molecule has 0 aromatic carbocycles.